The summed E-state index contributed by atoms with van der Waals surface area (Å²) in [4.78, 5) is 4.87. The number of rotatable bonds is 8. The summed E-state index contributed by atoms with van der Waals surface area (Å²) < 4.78 is 11.9. The number of methoxy groups -OCH3 is 1. The van der Waals surface area contributed by atoms with Crippen LogP contribution in [0.3, 0.4) is 0 Å². The quantitative estimate of drug-likeness (QED) is 0.715. The van der Waals surface area contributed by atoms with Gasteiger partial charge in [0.25, 0.3) is 0 Å². The number of piperazine rings is 1. The molecule has 1 atom stereocenters. The molecule has 0 amide bonds. The summed E-state index contributed by atoms with van der Waals surface area (Å²) in [7, 11) is 3.93. The first-order valence-electron chi connectivity index (χ1n) is 11.3. The molecule has 1 heterocycles. The molecule has 0 bridgehead atoms. The van der Waals surface area contributed by atoms with E-state index in [0.717, 1.165) is 57.1 Å². The van der Waals surface area contributed by atoms with Crippen molar-refractivity contribution in [2.45, 2.75) is 44.4 Å². The third-order valence-electron chi connectivity index (χ3n) is 6.19. The van der Waals surface area contributed by atoms with E-state index in [0.29, 0.717) is 12.1 Å². The number of likely N-dealkylation sites (N-methyl/N-ethyl adjacent to an activating group) is 1. The van der Waals surface area contributed by atoms with Crippen LogP contribution in [0, 0.1) is 0 Å². The van der Waals surface area contributed by atoms with E-state index < -0.39 is 0 Å². The van der Waals surface area contributed by atoms with E-state index in [2.05, 4.69) is 70.7 Å². The molecule has 4 rings (SSSR count). The van der Waals surface area contributed by atoms with E-state index in [4.69, 9.17) is 9.47 Å². The van der Waals surface area contributed by atoms with E-state index in [1.54, 1.807) is 7.11 Å². The lowest BCUT2D eigenvalue weighted by atomic mass is 10.1. The lowest BCUT2D eigenvalue weighted by Crippen LogP contribution is -2.54. The van der Waals surface area contributed by atoms with Crippen LogP contribution in [0.15, 0.2) is 48.5 Å². The van der Waals surface area contributed by atoms with Gasteiger partial charge in [0.05, 0.1) is 13.2 Å². The maximum Gasteiger partial charge on any atom is 0.163 e. The number of hydrogen-bond donors (Lipinski definition) is 1. The Morgan fingerprint density at radius 1 is 1.07 bits per heavy atom. The van der Waals surface area contributed by atoms with Gasteiger partial charge in [-0.15, -0.1) is 0 Å². The lowest BCUT2D eigenvalue weighted by molar-refractivity contribution is 0.201. The normalized spacial score (nSPS) is 20.0. The topological polar surface area (TPSA) is 37.0 Å². The van der Waals surface area contributed by atoms with Gasteiger partial charge in [0.1, 0.15) is 0 Å². The Morgan fingerprint density at radius 3 is 2.63 bits per heavy atom. The Morgan fingerprint density at radius 2 is 1.87 bits per heavy atom. The van der Waals surface area contributed by atoms with Crippen molar-refractivity contribution in [3.63, 3.8) is 0 Å². The molecule has 0 unspecified atom stereocenters. The monoisotopic (exact) mass is 409 g/mol. The molecule has 30 heavy (non-hydrogen) atoms. The molecule has 2 fully saturated rings. The Bertz CT molecular complexity index is 792. The molecule has 5 heteroatoms. The maximum absolute atomic E-state index is 6.31. The minimum absolute atomic E-state index is 0.330. The van der Waals surface area contributed by atoms with Gasteiger partial charge in [-0.1, -0.05) is 30.3 Å². The summed E-state index contributed by atoms with van der Waals surface area (Å²) >= 11 is 0. The van der Waals surface area contributed by atoms with Gasteiger partial charge in [-0.25, -0.2) is 0 Å². The molecule has 1 saturated heterocycles. The van der Waals surface area contributed by atoms with Crippen LogP contribution in [-0.4, -0.2) is 57.4 Å². The Labute approximate surface area is 181 Å². The van der Waals surface area contributed by atoms with Gasteiger partial charge in [-0.2, -0.15) is 0 Å². The fourth-order valence-corrected chi connectivity index (χ4v) is 4.66. The molecule has 1 N–H and O–H groups in total. The predicted octanol–water partition coefficient (Wildman–Crippen LogP) is 3.93. The third kappa shape index (κ3) is 5.46. The zero-order valence-electron chi connectivity index (χ0n) is 18.3. The van der Waals surface area contributed by atoms with Gasteiger partial charge in [-0.3, -0.25) is 0 Å². The number of benzene rings is 2. The lowest BCUT2D eigenvalue weighted by Gasteiger charge is -2.37. The first kappa shape index (κ1) is 21.0. The fourth-order valence-electron chi connectivity index (χ4n) is 4.66. The highest BCUT2D eigenvalue weighted by molar-refractivity contribution is 5.57. The Hall–Kier alpha value is -2.24. The Balaban J connectivity index is 1.38. The molecule has 162 valence electrons. The molecule has 1 saturated carbocycles. The molecule has 5 nitrogen and oxygen atoms in total. The standard InChI is InChI=1S/C25H35N3O2/c1-27(17-20-8-4-3-5-9-20)18-21-19-28(15-14-26-21)22-12-13-24(29-2)25(16-22)30-23-10-6-7-11-23/h3-5,8-9,12-13,16,21,23,26H,6-7,10-11,14-15,17-19H2,1-2H3/t21-/m0/s1. The number of nitrogens with zero attached hydrogens (tertiary/aromatic N) is 2. The van der Waals surface area contributed by atoms with Crippen LogP contribution in [0.5, 0.6) is 11.5 Å². The van der Waals surface area contributed by atoms with E-state index in [9.17, 15) is 0 Å². The van der Waals surface area contributed by atoms with Crippen molar-refractivity contribution in [3.8, 4) is 11.5 Å². The molecule has 0 aromatic heterocycles. The smallest absolute Gasteiger partial charge is 0.163 e. The summed E-state index contributed by atoms with van der Waals surface area (Å²) in [5.74, 6) is 1.72. The summed E-state index contributed by atoms with van der Waals surface area (Å²) in [6.07, 6.45) is 5.16. The van der Waals surface area contributed by atoms with E-state index in [1.165, 1.54) is 24.1 Å². The SMILES string of the molecule is COc1ccc(N2CCN[C@@H](CN(C)Cc3ccccc3)C2)cc1OC1CCCC1. The van der Waals surface area contributed by atoms with Crippen molar-refractivity contribution in [2.75, 3.05) is 45.2 Å². The number of anilines is 1. The van der Waals surface area contributed by atoms with Gasteiger partial charge >= 0.3 is 0 Å². The van der Waals surface area contributed by atoms with Crippen LogP contribution in [0.2, 0.25) is 0 Å². The summed E-state index contributed by atoms with van der Waals surface area (Å²) in [5, 5.41) is 3.69. The number of nitrogens with one attached hydrogen (secondary N) is 1. The van der Waals surface area contributed by atoms with Gasteiger partial charge in [0.2, 0.25) is 0 Å². The van der Waals surface area contributed by atoms with Crippen LogP contribution in [0.4, 0.5) is 5.69 Å². The van der Waals surface area contributed by atoms with E-state index in [-0.39, 0.29) is 0 Å². The molecular weight excluding hydrogens is 374 g/mol. The third-order valence-corrected chi connectivity index (χ3v) is 6.19. The van der Waals surface area contributed by atoms with Crippen molar-refractivity contribution >= 4 is 5.69 Å². The van der Waals surface area contributed by atoms with Gasteiger partial charge < -0.3 is 24.6 Å². The molecule has 2 aromatic rings. The second-order valence-electron chi connectivity index (χ2n) is 8.64. The van der Waals surface area contributed by atoms with Gasteiger partial charge in [0, 0.05) is 50.5 Å². The van der Waals surface area contributed by atoms with Crippen LogP contribution in [0.1, 0.15) is 31.2 Å². The predicted molar refractivity (Wildman–Crippen MR) is 123 cm³/mol. The maximum atomic E-state index is 6.31. The highest BCUT2D eigenvalue weighted by Crippen LogP contribution is 2.35. The highest BCUT2D eigenvalue weighted by Gasteiger charge is 2.23. The zero-order chi connectivity index (χ0) is 20.8. The largest absolute Gasteiger partial charge is 0.493 e. The molecule has 1 aliphatic heterocycles. The van der Waals surface area contributed by atoms with E-state index >= 15 is 0 Å². The highest BCUT2D eigenvalue weighted by atomic mass is 16.5. The van der Waals surface area contributed by atoms with Crippen LogP contribution < -0.4 is 19.7 Å². The minimum Gasteiger partial charge on any atom is -0.493 e. The number of hydrogen-bond acceptors (Lipinski definition) is 5. The van der Waals surface area contributed by atoms with Crippen molar-refractivity contribution < 1.29 is 9.47 Å². The molecular formula is C25H35N3O2. The fraction of sp³-hybridized carbons (Fsp3) is 0.520. The molecule has 2 aromatic carbocycles. The number of ether oxygens (including phenoxy) is 2. The van der Waals surface area contributed by atoms with E-state index in [1.807, 2.05) is 0 Å². The molecule has 0 spiro atoms. The van der Waals surface area contributed by atoms with Crippen LogP contribution in [-0.2, 0) is 6.54 Å². The van der Waals surface area contributed by atoms with Crippen molar-refractivity contribution in [2.24, 2.45) is 0 Å². The summed E-state index contributed by atoms with van der Waals surface area (Å²) in [5.41, 5.74) is 2.58. The average Bonchev–Trinajstić information content (AvgIpc) is 3.27. The van der Waals surface area contributed by atoms with Crippen LogP contribution >= 0.6 is 0 Å². The van der Waals surface area contributed by atoms with Crippen molar-refractivity contribution in [1.29, 1.82) is 0 Å². The summed E-state index contributed by atoms with van der Waals surface area (Å²) in [6, 6.07) is 17.5. The second-order valence-corrected chi connectivity index (χ2v) is 8.64. The van der Waals surface area contributed by atoms with Crippen LogP contribution in [0.25, 0.3) is 0 Å². The first-order valence-corrected chi connectivity index (χ1v) is 11.3. The minimum atomic E-state index is 0.330. The van der Waals surface area contributed by atoms with Gasteiger partial charge in [0.15, 0.2) is 11.5 Å². The Kier molecular flexibility index (Phi) is 7.13. The zero-order valence-corrected chi connectivity index (χ0v) is 18.3. The van der Waals surface area contributed by atoms with Crippen molar-refractivity contribution in [1.82, 2.24) is 10.2 Å². The van der Waals surface area contributed by atoms with Crippen molar-refractivity contribution in [3.05, 3.63) is 54.1 Å². The average molecular weight is 410 g/mol. The second kappa shape index (κ2) is 10.2. The molecule has 0 radical (unpaired) electrons. The molecule has 1 aliphatic carbocycles. The first-order chi connectivity index (χ1) is 14.7. The molecule has 2 aliphatic rings. The summed E-state index contributed by atoms with van der Waals surface area (Å²) in [6.45, 7) is 4.99. The van der Waals surface area contributed by atoms with Gasteiger partial charge in [-0.05, 0) is 50.4 Å².